The fourth-order valence-corrected chi connectivity index (χ4v) is 2.76. The molecule has 0 spiro atoms. The fraction of sp³-hybridized carbons (Fsp3) is 0.625. The second-order valence-electron chi connectivity index (χ2n) is 5.48. The third kappa shape index (κ3) is 4.48. The summed E-state index contributed by atoms with van der Waals surface area (Å²) in [5.41, 5.74) is 1.20. The Morgan fingerprint density at radius 2 is 1.84 bits per heavy atom. The van der Waals surface area contributed by atoms with Gasteiger partial charge in [0.05, 0.1) is 0 Å². The van der Waals surface area contributed by atoms with Crippen LogP contribution in [0.1, 0.15) is 39.3 Å². The Balaban J connectivity index is 2.84. The molecule has 2 atom stereocenters. The Kier molecular flexibility index (Phi) is 6.84. The number of nitrogens with one attached hydrogen (secondary N) is 1. The lowest BCUT2D eigenvalue weighted by Gasteiger charge is -2.36. The van der Waals surface area contributed by atoms with Crippen LogP contribution in [0.15, 0.2) is 24.3 Å². The molecule has 1 rings (SSSR count). The molecular weight excluding hydrogens is 256 g/mol. The van der Waals surface area contributed by atoms with Crippen molar-refractivity contribution in [1.29, 1.82) is 0 Å². The van der Waals surface area contributed by atoms with E-state index in [1.54, 1.807) is 0 Å². The van der Waals surface area contributed by atoms with Gasteiger partial charge in [-0.2, -0.15) is 0 Å². The number of halogens is 1. The van der Waals surface area contributed by atoms with Crippen LogP contribution in [0.25, 0.3) is 0 Å². The third-order valence-electron chi connectivity index (χ3n) is 3.86. The summed E-state index contributed by atoms with van der Waals surface area (Å²) < 4.78 is 0. The third-order valence-corrected chi connectivity index (χ3v) is 4.21. The van der Waals surface area contributed by atoms with Crippen molar-refractivity contribution in [2.45, 2.75) is 39.8 Å². The van der Waals surface area contributed by atoms with Crippen molar-refractivity contribution in [3.8, 4) is 0 Å². The van der Waals surface area contributed by atoms with E-state index < -0.39 is 0 Å². The molecule has 1 aromatic rings. The minimum Gasteiger partial charge on any atom is -0.315 e. The van der Waals surface area contributed by atoms with Gasteiger partial charge in [0.1, 0.15) is 0 Å². The van der Waals surface area contributed by atoms with E-state index >= 15 is 0 Å². The molecule has 0 saturated carbocycles. The predicted octanol–water partition coefficient (Wildman–Crippen LogP) is 3.97. The number of likely N-dealkylation sites (N-methyl/N-ethyl adjacent to an activating group) is 2. The lowest BCUT2D eigenvalue weighted by Crippen LogP contribution is -2.44. The first-order valence-electron chi connectivity index (χ1n) is 7.16. The van der Waals surface area contributed by atoms with Gasteiger partial charge in [0.25, 0.3) is 0 Å². The van der Waals surface area contributed by atoms with Crippen LogP contribution in [0.5, 0.6) is 0 Å². The molecule has 108 valence electrons. The molecule has 19 heavy (non-hydrogen) atoms. The summed E-state index contributed by atoms with van der Waals surface area (Å²) in [6, 6.07) is 8.95. The smallest absolute Gasteiger partial charge is 0.0453 e. The summed E-state index contributed by atoms with van der Waals surface area (Å²) in [4.78, 5) is 2.43. The molecule has 0 radical (unpaired) electrons. The lowest BCUT2D eigenvalue weighted by molar-refractivity contribution is 0.142. The predicted molar refractivity (Wildman–Crippen MR) is 84.8 cm³/mol. The highest BCUT2D eigenvalue weighted by Crippen LogP contribution is 2.28. The van der Waals surface area contributed by atoms with Crippen LogP contribution < -0.4 is 5.32 Å². The molecule has 2 unspecified atom stereocenters. The Morgan fingerprint density at radius 3 is 2.37 bits per heavy atom. The van der Waals surface area contributed by atoms with E-state index in [4.69, 9.17) is 11.6 Å². The fourth-order valence-electron chi connectivity index (χ4n) is 2.46. The van der Waals surface area contributed by atoms with Gasteiger partial charge in [0.2, 0.25) is 0 Å². The zero-order valence-electron chi connectivity index (χ0n) is 12.8. The Labute approximate surface area is 123 Å². The first-order valence-corrected chi connectivity index (χ1v) is 7.53. The van der Waals surface area contributed by atoms with Gasteiger partial charge in [-0.3, -0.25) is 4.90 Å². The molecule has 0 bridgehead atoms. The quantitative estimate of drug-likeness (QED) is 0.814. The Bertz CT molecular complexity index is 379. The zero-order chi connectivity index (χ0) is 14.4. The van der Waals surface area contributed by atoms with Gasteiger partial charge < -0.3 is 5.32 Å². The number of hydrogen-bond acceptors (Lipinski definition) is 2. The van der Waals surface area contributed by atoms with Gasteiger partial charge in [-0.1, -0.05) is 50.6 Å². The van der Waals surface area contributed by atoms with Crippen molar-refractivity contribution in [2.75, 3.05) is 20.1 Å². The van der Waals surface area contributed by atoms with Gasteiger partial charge in [-0.15, -0.1) is 0 Å². The summed E-state index contributed by atoms with van der Waals surface area (Å²) in [6.45, 7) is 10.9. The van der Waals surface area contributed by atoms with Crippen LogP contribution in [0.3, 0.4) is 0 Å². The second-order valence-corrected chi connectivity index (χ2v) is 5.89. The van der Waals surface area contributed by atoms with E-state index in [-0.39, 0.29) is 0 Å². The highest BCUT2D eigenvalue weighted by molar-refractivity contribution is 6.31. The summed E-state index contributed by atoms with van der Waals surface area (Å²) in [7, 11) is 2.19. The van der Waals surface area contributed by atoms with E-state index in [1.807, 2.05) is 12.1 Å². The lowest BCUT2D eigenvalue weighted by atomic mass is 9.98. The second kappa shape index (κ2) is 7.88. The summed E-state index contributed by atoms with van der Waals surface area (Å²) in [6.07, 6.45) is 0. The van der Waals surface area contributed by atoms with Crippen LogP contribution in [-0.4, -0.2) is 31.1 Å². The monoisotopic (exact) mass is 282 g/mol. The van der Waals surface area contributed by atoms with E-state index in [9.17, 15) is 0 Å². The Hall–Kier alpha value is -0.570. The number of hydrogen-bond donors (Lipinski definition) is 1. The van der Waals surface area contributed by atoms with Gasteiger partial charge in [-0.05, 0) is 38.1 Å². The van der Waals surface area contributed by atoms with Crippen LogP contribution in [-0.2, 0) is 0 Å². The number of rotatable bonds is 7. The molecule has 0 aliphatic heterocycles. The molecule has 0 aliphatic rings. The van der Waals surface area contributed by atoms with Crippen LogP contribution in [0.2, 0.25) is 5.02 Å². The van der Waals surface area contributed by atoms with Crippen LogP contribution >= 0.6 is 11.6 Å². The first kappa shape index (κ1) is 16.5. The highest BCUT2D eigenvalue weighted by atomic mass is 35.5. The van der Waals surface area contributed by atoms with Crippen molar-refractivity contribution in [3.05, 3.63) is 34.9 Å². The minimum absolute atomic E-state index is 0.319. The average Bonchev–Trinajstić information content (AvgIpc) is 2.38. The topological polar surface area (TPSA) is 15.3 Å². The van der Waals surface area contributed by atoms with Crippen molar-refractivity contribution in [2.24, 2.45) is 5.92 Å². The molecule has 2 nitrogen and oxygen atoms in total. The highest BCUT2D eigenvalue weighted by Gasteiger charge is 2.24. The van der Waals surface area contributed by atoms with Gasteiger partial charge >= 0.3 is 0 Å². The molecule has 1 N–H and O–H groups in total. The molecule has 0 aromatic heterocycles. The molecule has 1 aromatic carbocycles. The maximum Gasteiger partial charge on any atom is 0.0453 e. The number of benzene rings is 1. The van der Waals surface area contributed by atoms with Crippen molar-refractivity contribution >= 4 is 11.6 Å². The first-order chi connectivity index (χ1) is 8.99. The molecule has 3 heteroatoms. The summed E-state index contributed by atoms with van der Waals surface area (Å²) in [5.74, 6) is 0.606. The zero-order valence-corrected chi connectivity index (χ0v) is 13.5. The summed E-state index contributed by atoms with van der Waals surface area (Å²) in [5, 5.41) is 4.31. The molecule has 0 fully saturated rings. The van der Waals surface area contributed by atoms with Crippen LogP contribution in [0, 0.1) is 5.92 Å². The standard InChI is InChI=1S/C16H27ClN2/c1-6-18-11-16(12(2)3)19(5)13(4)14-9-7-8-10-15(14)17/h7-10,12-13,16,18H,6,11H2,1-5H3. The van der Waals surface area contributed by atoms with Crippen molar-refractivity contribution in [3.63, 3.8) is 0 Å². The SMILES string of the molecule is CCNCC(C(C)C)N(C)C(C)c1ccccc1Cl. The van der Waals surface area contributed by atoms with Crippen LogP contribution in [0.4, 0.5) is 0 Å². The van der Waals surface area contributed by atoms with E-state index in [0.29, 0.717) is 18.0 Å². The average molecular weight is 283 g/mol. The van der Waals surface area contributed by atoms with Gasteiger partial charge in [0, 0.05) is 23.7 Å². The van der Waals surface area contributed by atoms with Crippen molar-refractivity contribution in [1.82, 2.24) is 10.2 Å². The minimum atomic E-state index is 0.319. The largest absolute Gasteiger partial charge is 0.315 e. The van der Waals surface area contributed by atoms with E-state index in [0.717, 1.165) is 18.1 Å². The Morgan fingerprint density at radius 1 is 1.21 bits per heavy atom. The summed E-state index contributed by atoms with van der Waals surface area (Å²) >= 11 is 6.31. The normalized spacial score (nSPS) is 14.9. The molecule has 0 saturated heterocycles. The van der Waals surface area contributed by atoms with E-state index in [1.165, 1.54) is 5.56 Å². The molecule has 0 amide bonds. The molecular formula is C16H27ClN2. The van der Waals surface area contributed by atoms with Gasteiger partial charge in [0.15, 0.2) is 0 Å². The molecule has 0 aliphatic carbocycles. The van der Waals surface area contributed by atoms with Crippen molar-refractivity contribution < 1.29 is 0 Å². The maximum absolute atomic E-state index is 6.31. The number of nitrogens with zero attached hydrogens (tertiary/aromatic N) is 1. The molecule has 0 heterocycles. The maximum atomic E-state index is 6.31. The van der Waals surface area contributed by atoms with E-state index in [2.05, 4.69) is 57.1 Å². The van der Waals surface area contributed by atoms with Gasteiger partial charge in [-0.25, -0.2) is 0 Å².